The summed E-state index contributed by atoms with van der Waals surface area (Å²) in [4.78, 5) is 1.18. The Balaban J connectivity index is 2.35. The van der Waals surface area contributed by atoms with E-state index in [0.29, 0.717) is 5.69 Å². The quantitative estimate of drug-likeness (QED) is 0.668. The van der Waals surface area contributed by atoms with Crippen LogP contribution in [0.15, 0.2) is 46.2 Å². The molecular weight excluding hydrogens is 304 g/mol. The van der Waals surface area contributed by atoms with E-state index in [9.17, 15) is 8.42 Å². The molecule has 6 heteroatoms. The third-order valence-corrected chi connectivity index (χ3v) is 5.44. The lowest BCUT2D eigenvalue weighted by atomic mass is 10.1. The van der Waals surface area contributed by atoms with Crippen molar-refractivity contribution in [3.05, 3.63) is 47.5 Å². The van der Waals surface area contributed by atoms with Gasteiger partial charge < -0.3 is 5.73 Å². The average Bonchev–Trinajstić information content (AvgIpc) is 2.43. The van der Waals surface area contributed by atoms with Gasteiger partial charge in [0.05, 0.1) is 5.69 Å². The standard InChI is InChI=1S/C15H18N2O2S2/c1-10-8-14(16)15(9-11(10)2)21(18,19)17-12-4-6-13(20-3)7-5-12/h4-9,17H,16H2,1-3H3. The van der Waals surface area contributed by atoms with Gasteiger partial charge in [-0.3, -0.25) is 4.72 Å². The molecule has 0 spiro atoms. The highest BCUT2D eigenvalue weighted by atomic mass is 32.2. The first kappa shape index (κ1) is 15.7. The van der Waals surface area contributed by atoms with Crippen molar-refractivity contribution in [1.29, 1.82) is 0 Å². The Bertz CT molecular complexity index is 754. The number of hydrogen-bond donors (Lipinski definition) is 2. The van der Waals surface area contributed by atoms with Crippen molar-refractivity contribution >= 4 is 33.2 Å². The first-order valence-corrected chi connectivity index (χ1v) is 9.08. The van der Waals surface area contributed by atoms with Crippen molar-refractivity contribution in [2.75, 3.05) is 16.7 Å². The highest BCUT2D eigenvalue weighted by molar-refractivity contribution is 7.98. The molecule has 0 radical (unpaired) electrons. The summed E-state index contributed by atoms with van der Waals surface area (Å²) in [6.45, 7) is 3.76. The maximum atomic E-state index is 12.4. The van der Waals surface area contributed by atoms with E-state index in [2.05, 4.69) is 4.72 Å². The van der Waals surface area contributed by atoms with Crippen molar-refractivity contribution in [3.63, 3.8) is 0 Å². The molecule has 2 rings (SSSR count). The molecule has 0 fully saturated rings. The number of benzene rings is 2. The lowest BCUT2D eigenvalue weighted by Gasteiger charge is -2.12. The number of thioether (sulfide) groups is 1. The van der Waals surface area contributed by atoms with Crippen LogP contribution in [-0.2, 0) is 10.0 Å². The minimum absolute atomic E-state index is 0.111. The van der Waals surface area contributed by atoms with Gasteiger partial charge in [-0.15, -0.1) is 11.8 Å². The average molecular weight is 322 g/mol. The number of hydrogen-bond acceptors (Lipinski definition) is 4. The summed E-state index contributed by atoms with van der Waals surface area (Å²) in [5, 5.41) is 0. The third kappa shape index (κ3) is 3.51. The van der Waals surface area contributed by atoms with Crippen LogP contribution in [0.5, 0.6) is 0 Å². The van der Waals surface area contributed by atoms with Crippen molar-refractivity contribution in [3.8, 4) is 0 Å². The highest BCUT2D eigenvalue weighted by Gasteiger charge is 2.18. The zero-order valence-electron chi connectivity index (χ0n) is 12.2. The van der Waals surface area contributed by atoms with Crippen LogP contribution in [0.1, 0.15) is 11.1 Å². The molecule has 21 heavy (non-hydrogen) atoms. The molecule has 4 nitrogen and oxygen atoms in total. The van der Waals surface area contributed by atoms with Gasteiger partial charge in [-0.2, -0.15) is 0 Å². The molecule has 0 aliphatic rings. The van der Waals surface area contributed by atoms with E-state index in [-0.39, 0.29) is 10.6 Å². The second-order valence-electron chi connectivity index (χ2n) is 4.81. The molecule has 0 bridgehead atoms. The van der Waals surface area contributed by atoms with E-state index >= 15 is 0 Å². The van der Waals surface area contributed by atoms with Gasteiger partial charge >= 0.3 is 0 Å². The smallest absolute Gasteiger partial charge is 0.263 e. The first-order valence-electron chi connectivity index (χ1n) is 6.37. The van der Waals surface area contributed by atoms with Gasteiger partial charge in [-0.1, -0.05) is 0 Å². The van der Waals surface area contributed by atoms with Crippen LogP contribution in [0.2, 0.25) is 0 Å². The fourth-order valence-electron chi connectivity index (χ4n) is 1.91. The Morgan fingerprint density at radius 1 is 1.05 bits per heavy atom. The van der Waals surface area contributed by atoms with Gasteiger partial charge in [-0.25, -0.2) is 8.42 Å². The molecule has 112 valence electrons. The molecular formula is C15H18N2O2S2. The van der Waals surface area contributed by atoms with Gasteiger partial charge in [0.15, 0.2) is 0 Å². The summed E-state index contributed by atoms with van der Waals surface area (Å²) >= 11 is 1.60. The van der Waals surface area contributed by atoms with Crippen LogP contribution in [0, 0.1) is 13.8 Å². The Kier molecular flexibility index (Phi) is 4.49. The number of aryl methyl sites for hydroxylation is 2. The lowest BCUT2D eigenvalue weighted by Crippen LogP contribution is -2.15. The van der Waals surface area contributed by atoms with Gasteiger partial charge in [0.1, 0.15) is 4.90 Å². The van der Waals surface area contributed by atoms with Crippen LogP contribution in [0.4, 0.5) is 11.4 Å². The topological polar surface area (TPSA) is 72.2 Å². The second kappa shape index (κ2) is 5.99. The van der Waals surface area contributed by atoms with Crippen LogP contribution in [0.3, 0.4) is 0 Å². The highest BCUT2D eigenvalue weighted by Crippen LogP contribution is 2.25. The predicted molar refractivity (Wildman–Crippen MR) is 89.4 cm³/mol. The van der Waals surface area contributed by atoms with Gasteiger partial charge in [0.2, 0.25) is 0 Å². The van der Waals surface area contributed by atoms with Gasteiger partial charge in [0, 0.05) is 10.6 Å². The molecule has 0 heterocycles. The van der Waals surface area contributed by atoms with E-state index in [1.54, 1.807) is 36.0 Å². The molecule has 0 aliphatic heterocycles. The molecule has 0 amide bonds. The molecule has 0 saturated carbocycles. The SMILES string of the molecule is CSc1ccc(NS(=O)(=O)c2cc(C)c(C)cc2N)cc1. The van der Waals surface area contributed by atoms with Gasteiger partial charge in [-0.05, 0) is 67.6 Å². The minimum Gasteiger partial charge on any atom is -0.398 e. The zero-order chi connectivity index (χ0) is 15.6. The van der Waals surface area contributed by atoms with Crippen molar-refractivity contribution in [1.82, 2.24) is 0 Å². The summed E-state index contributed by atoms with van der Waals surface area (Å²) in [7, 11) is -3.68. The number of nitrogen functional groups attached to an aromatic ring is 1. The fraction of sp³-hybridized carbons (Fsp3) is 0.200. The lowest BCUT2D eigenvalue weighted by molar-refractivity contribution is 0.601. The summed E-state index contributed by atoms with van der Waals surface area (Å²) < 4.78 is 27.4. The summed E-state index contributed by atoms with van der Waals surface area (Å²) in [5.41, 5.74) is 8.49. The molecule has 2 aromatic rings. The molecule has 0 saturated heterocycles. The monoisotopic (exact) mass is 322 g/mol. The zero-order valence-corrected chi connectivity index (χ0v) is 13.8. The number of rotatable bonds is 4. The minimum atomic E-state index is -3.68. The Hall–Kier alpha value is -1.66. The fourth-order valence-corrected chi connectivity index (χ4v) is 3.58. The Morgan fingerprint density at radius 2 is 1.62 bits per heavy atom. The molecule has 0 atom stereocenters. The number of nitrogens with one attached hydrogen (secondary N) is 1. The van der Waals surface area contributed by atoms with Gasteiger partial charge in [0.25, 0.3) is 10.0 Å². The second-order valence-corrected chi connectivity index (χ2v) is 7.34. The van der Waals surface area contributed by atoms with Crippen LogP contribution in [-0.4, -0.2) is 14.7 Å². The first-order chi connectivity index (χ1) is 9.83. The third-order valence-electron chi connectivity index (χ3n) is 3.26. The number of anilines is 2. The normalized spacial score (nSPS) is 11.4. The molecule has 0 aliphatic carbocycles. The van der Waals surface area contributed by atoms with Crippen LogP contribution >= 0.6 is 11.8 Å². The van der Waals surface area contributed by atoms with E-state index < -0.39 is 10.0 Å². The maximum absolute atomic E-state index is 12.4. The molecule has 0 aromatic heterocycles. The maximum Gasteiger partial charge on any atom is 0.263 e. The largest absolute Gasteiger partial charge is 0.398 e. The Morgan fingerprint density at radius 3 is 2.19 bits per heavy atom. The van der Waals surface area contributed by atoms with E-state index in [4.69, 9.17) is 5.73 Å². The summed E-state index contributed by atoms with van der Waals surface area (Å²) in [6, 6.07) is 10.5. The summed E-state index contributed by atoms with van der Waals surface area (Å²) in [5.74, 6) is 0. The van der Waals surface area contributed by atoms with E-state index in [1.807, 2.05) is 32.2 Å². The van der Waals surface area contributed by atoms with Crippen molar-refractivity contribution in [2.24, 2.45) is 0 Å². The predicted octanol–water partition coefficient (Wildman–Crippen LogP) is 3.41. The van der Waals surface area contributed by atoms with Crippen molar-refractivity contribution < 1.29 is 8.42 Å². The molecule has 0 unspecified atom stereocenters. The number of nitrogens with two attached hydrogens (primary N) is 1. The number of sulfonamides is 1. The van der Waals surface area contributed by atoms with Crippen molar-refractivity contribution in [2.45, 2.75) is 23.6 Å². The van der Waals surface area contributed by atoms with Crippen LogP contribution in [0.25, 0.3) is 0 Å². The van der Waals surface area contributed by atoms with E-state index in [0.717, 1.165) is 16.0 Å². The molecule has 2 aromatic carbocycles. The molecule has 3 N–H and O–H groups in total. The van der Waals surface area contributed by atoms with Crippen LogP contribution < -0.4 is 10.5 Å². The van der Waals surface area contributed by atoms with E-state index in [1.165, 1.54) is 0 Å². The summed E-state index contributed by atoms with van der Waals surface area (Å²) in [6.07, 6.45) is 1.97. The Labute approximate surface area is 129 Å².